The lowest BCUT2D eigenvalue weighted by Gasteiger charge is -2.22. The third-order valence-corrected chi connectivity index (χ3v) is 5.28. The van der Waals surface area contributed by atoms with E-state index in [1.54, 1.807) is 17.5 Å². The van der Waals surface area contributed by atoms with Gasteiger partial charge in [-0.05, 0) is 38.5 Å². The Morgan fingerprint density at radius 1 is 1.33 bits per heavy atom. The average molecular weight is 303 g/mol. The highest BCUT2D eigenvalue weighted by Crippen LogP contribution is 2.35. The first-order valence-corrected chi connectivity index (χ1v) is 8.40. The van der Waals surface area contributed by atoms with Crippen LogP contribution < -0.4 is 0 Å². The van der Waals surface area contributed by atoms with Crippen LogP contribution in [0.2, 0.25) is 0 Å². The van der Waals surface area contributed by atoms with Crippen LogP contribution in [-0.2, 0) is 12.8 Å². The standard InChI is InChI=1S/C15H17N3O2S/c19-15(13-10-4-1-2-5-11(10)17-20-13)18-8-3-6-12(18)14-16-7-9-21-14/h7,9,12H,1-6,8H2/t12-/m0/s1. The van der Waals surface area contributed by atoms with Gasteiger partial charge in [-0.1, -0.05) is 5.16 Å². The molecule has 110 valence electrons. The van der Waals surface area contributed by atoms with Crippen molar-refractivity contribution < 1.29 is 9.32 Å². The van der Waals surface area contributed by atoms with E-state index in [0.717, 1.165) is 61.3 Å². The Balaban J connectivity index is 1.63. The van der Waals surface area contributed by atoms with Crippen LogP contribution in [0.1, 0.15) is 58.5 Å². The van der Waals surface area contributed by atoms with Crippen molar-refractivity contribution >= 4 is 17.2 Å². The summed E-state index contributed by atoms with van der Waals surface area (Å²) < 4.78 is 5.40. The van der Waals surface area contributed by atoms with E-state index < -0.39 is 0 Å². The van der Waals surface area contributed by atoms with Gasteiger partial charge >= 0.3 is 0 Å². The summed E-state index contributed by atoms with van der Waals surface area (Å²) in [7, 11) is 0. The van der Waals surface area contributed by atoms with Crippen LogP contribution in [0.4, 0.5) is 0 Å². The number of fused-ring (bicyclic) bond motifs is 1. The Bertz CT molecular complexity index is 650. The molecule has 0 saturated carbocycles. The SMILES string of the molecule is O=C(c1onc2c1CCCC2)N1CCC[C@H]1c1nccs1. The summed E-state index contributed by atoms with van der Waals surface area (Å²) in [4.78, 5) is 19.1. The number of carbonyl (C=O) groups is 1. The maximum Gasteiger partial charge on any atom is 0.293 e. The molecule has 1 aliphatic heterocycles. The minimum absolute atomic E-state index is 0.0108. The summed E-state index contributed by atoms with van der Waals surface area (Å²) in [5, 5.41) is 7.09. The van der Waals surface area contributed by atoms with Crippen LogP contribution in [0.5, 0.6) is 0 Å². The predicted octanol–water partition coefficient (Wildman–Crippen LogP) is 2.99. The number of aromatic nitrogens is 2. The zero-order valence-corrected chi connectivity index (χ0v) is 12.6. The molecule has 1 atom stereocenters. The topological polar surface area (TPSA) is 59.2 Å². The van der Waals surface area contributed by atoms with Crippen molar-refractivity contribution in [1.82, 2.24) is 15.0 Å². The number of thiazole rings is 1. The van der Waals surface area contributed by atoms with Gasteiger partial charge in [-0.25, -0.2) is 4.98 Å². The lowest BCUT2D eigenvalue weighted by atomic mass is 9.96. The van der Waals surface area contributed by atoms with E-state index in [0.29, 0.717) is 5.76 Å². The maximum atomic E-state index is 12.9. The second kappa shape index (κ2) is 5.26. The van der Waals surface area contributed by atoms with Gasteiger partial charge in [0.2, 0.25) is 5.76 Å². The fourth-order valence-corrected chi connectivity index (χ4v) is 4.14. The van der Waals surface area contributed by atoms with Crippen LogP contribution in [0, 0.1) is 0 Å². The van der Waals surface area contributed by atoms with E-state index in [1.807, 2.05) is 10.3 Å². The number of hydrogen-bond donors (Lipinski definition) is 0. The van der Waals surface area contributed by atoms with E-state index in [-0.39, 0.29) is 11.9 Å². The van der Waals surface area contributed by atoms with Crippen molar-refractivity contribution in [3.63, 3.8) is 0 Å². The molecule has 1 saturated heterocycles. The highest BCUT2D eigenvalue weighted by atomic mass is 32.1. The largest absolute Gasteiger partial charge is 0.350 e. The van der Waals surface area contributed by atoms with Crippen LogP contribution in [0.15, 0.2) is 16.1 Å². The third-order valence-electron chi connectivity index (χ3n) is 4.40. The highest BCUT2D eigenvalue weighted by Gasteiger charge is 2.36. The summed E-state index contributed by atoms with van der Waals surface area (Å²) >= 11 is 1.62. The first-order chi connectivity index (χ1) is 10.3. The summed E-state index contributed by atoms with van der Waals surface area (Å²) in [5.74, 6) is 0.455. The van der Waals surface area contributed by atoms with Crippen molar-refractivity contribution in [2.24, 2.45) is 0 Å². The lowest BCUT2D eigenvalue weighted by Crippen LogP contribution is -2.31. The van der Waals surface area contributed by atoms with Crippen molar-refractivity contribution in [3.05, 3.63) is 33.6 Å². The Morgan fingerprint density at radius 2 is 2.24 bits per heavy atom. The fourth-order valence-electron chi connectivity index (χ4n) is 3.35. The normalized spacial score (nSPS) is 21.5. The second-order valence-electron chi connectivity index (χ2n) is 5.67. The predicted molar refractivity (Wildman–Crippen MR) is 78.3 cm³/mol. The van der Waals surface area contributed by atoms with Crippen molar-refractivity contribution in [2.75, 3.05) is 6.54 Å². The number of rotatable bonds is 2. The molecule has 1 aliphatic carbocycles. The molecule has 0 radical (unpaired) electrons. The summed E-state index contributed by atoms with van der Waals surface area (Å²) in [6.07, 6.45) is 7.90. The van der Waals surface area contributed by atoms with Gasteiger partial charge in [0.1, 0.15) is 5.01 Å². The minimum atomic E-state index is -0.0108. The lowest BCUT2D eigenvalue weighted by molar-refractivity contribution is 0.0691. The van der Waals surface area contributed by atoms with E-state index in [1.165, 1.54) is 0 Å². The highest BCUT2D eigenvalue weighted by molar-refractivity contribution is 7.09. The van der Waals surface area contributed by atoms with Gasteiger partial charge in [-0.2, -0.15) is 0 Å². The van der Waals surface area contributed by atoms with Crippen LogP contribution in [0.25, 0.3) is 0 Å². The zero-order chi connectivity index (χ0) is 14.2. The number of carbonyl (C=O) groups excluding carboxylic acids is 1. The molecule has 0 spiro atoms. The summed E-state index contributed by atoms with van der Waals surface area (Å²) in [5.41, 5.74) is 2.02. The molecule has 5 nitrogen and oxygen atoms in total. The molecule has 0 bridgehead atoms. The Hall–Kier alpha value is -1.69. The van der Waals surface area contributed by atoms with E-state index in [2.05, 4.69) is 10.1 Å². The summed E-state index contributed by atoms with van der Waals surface area (Å²) in [6.45, 7) is 0.776. The molecular formula is C15H17N3O2S. The molecule has 2 aromatic rings. The Kier molecular flexibility index (Phi) is 3.25. The molecule has 2 aromatic heterocycles. The Morgan fingerprint density at radius 3 is 3.10 bits per heavy atom. The van der Waals surface area contributed by atoms with Crippen molar-refractivity contribution in [2.45, 2.75) is 44.6 Å². The number of hydrogen-bond acceptors (Lipinski definition) is 5. The zero-order valence-electron chi connectivity index (χ0n) is 11.7. The number of likely N-dealkylation sites (tertiary alicyclic amines) is 1. The first-order valence-electron chi connectivity index (χ1n) is 7.52. The molecule has 1 fully saturated rings. The Labute approximate surface area is 127 Å². The number of aryl methyl sites for hydroxylation is 1. The van der Waals surface area contributed by atoms with Gasteiger partial charge in [-0.3, -0.25) is 4.79 Å². The van der Waals surface area contributed by atoms with E-state index in [9.17, 15) is 4.79 Å². The van der Waals surface area contributed by atoms with Gasteiger partial charge in [0.05, 0.1) is 11.7 Å². The average Bonchev–Trinajstić information content (AvgIpc) is 3.25. The molecular weight excluding hydrogens is 286 g/mol. The molecule has 1 amide bonds. The quantitative estimate of drug-likeness (QED) is 0.855. The molecule has 2 aliphatic rings. The number of nitrogens with zero attached hydrogens (tertiary/aromatic N) is 3. The van der Waals surface area contributed by atoms with Crippen LogP contribution >= 0.6 is 11.3 Å². The molecule has 0 N–H and O–H groups in total. The smallest absolute Gasteiger partial charge is 0.293 e. The molecule has 0 aromatic carbocycles. The summed E-state index contributed by atoms with van der Waals surface area (Å²) in [6, 6.07) is 0.0989. The van der Waals surface area contributed by atoms with Gasteiger partial charge < -0.3 is 9.42 Å². The van der Waals surface area contributed by atoms with Gasteiger partial charge in [0.15, 0.2) is 0 Å². The van der Waals surface area contributed by atoms with Crippen LogP contribution in [0.3, 0.4) is 0 Å². The van der Waals surface area contributed by atoms with Crippen molar-refractivity contribution in [1.29, 1.82) is 0 Å². The van der Waals surface area contributed by atoms with E-state index in [4.69, 9.17) is 4.52 Å². The third kappa shape index (κ3) is 2.18. The minimum Gasteiger partial charge on any atom is -0.350 e. The molecule has 6 heteroatoms. The monoisotopic (exact) mass is 303 g/mol. The van der Waals surface area contributed by atoms with E-state index >= 15 is 0 Å². The molecule has 4 rings (SSSR count). The molecule has 21 heavy (non-hydrogen) atoms. The first kappa shape index (κ1) is 13.0. The maximum absolute atomic E-state index is 12.9. The van der Waals surface area contributed by atoms with Gasteiger partial charge in [-0.15, -0.1) is 11.3 Å². The molecule has 3 heterocycles. The second-order valence-corrected chi connectivity index (χ2v) is 6.60. The van der Waals surface area contributed by atoms with Crippen LogP contribution in [-0.4, -0.2) is 27.5 Å². The fraction of sp³-hybridized carbons (Fsp3) is 0.533. The molecule has 0 unspecified atom stereocenters. The van der Waals surface area contributed by atoms with Crippen molar-refractivity contribution in [3.8, 4) is 0 Å². The van der Waals surface area contributed by atoms with Gasteiger partial charge in [0, 0.05) is 23.7 Å². The van der Waals surface area contributed by atoms with Gasteiger partial charge in [0.25, 0.3) is 5.91 Å². The number of amides is 1.